The molecule has 1 amide bonds. The van der Waals surface area contributed by atoms with Crippen LogP contribution in [0.25, 0.3) is 0 Å². The van der Waals surface area contributed by atoms with Crippen molar-refractivity contribution >= 4 is 5.91 Å². The highest BCUT2D eigenvalue weighted by Crippen LogP contribution is 2.17. The molecule has 1 aliphatic heterocycles. The number of benzene rings is 1. The zero-order chi connectivity index (χ0) is 15.1. The Balaban J connectivity index is 1.65. The number of ether oxygens (including phenoxy) is 2. The largest absolute Gasteiger partial charge is 0.497 e. The number of likely N-dealkylation sites (tertiary alicyclic amines) is 1. The van der Waals surface area contributed by atoms with Crippen LogP contribution in [-0.4, -0.2) is 51.2 Å². The van der Waals surface area contributed by atoms with E-state index in [0.717, 1.165) is 38.2 Å². The van der Waals surface area contributed by atoms with Crippen LogP contribution in [0.2, 0.25) is 0 Å². The number of methoxy groups -OCH3 is 1. The minimum atomic E-state index is -0.0650. The van der Waals surface area contributed by atoms with Crippen molar-refractivity contribution in [3.8, 4) is 11.5 Å². The number of carbonyl (C=O) groups is 1. The first kappa shape index (κ1) is 15.6. The minimum absolute atomic E-state index is 0.0545. The van der Waals surface area contributed by atoms with E-state index in [1.165, 1.54) is 0 Å². The SMILES string of the molecule is COc1ccc(OCC(=O)NCC2CCN(C)CC2)cc1. The summed E-state index contributed by atoms with van der Waals surface area (Å²) in [5.41, 5.74) is 0. The lowest BCUT2D eigenvalue weighted by molar-refractivity contribution is -0.123. The first-order valence-electron chi connectivity index (χ1n) is 7.39. The first-order valence-corrected chi connectivity index (χ1v) is 7.39. The van der Waals surface area contributed by atoms with Gasteiger partial charge in [-0.05, 0) is 63.2 Å². The molecule has 0 radical (unpaired) electrons. The Hall–Kier alpha value is -1.75. The van der Waals surface area contributed by atoms with Crippen molar-refractivity contribution in [3.05, 3.63) is 24.3 Å². The van der Waals surface area contributed by atoms with Crippen LogP contribution in [0.15, 0.2) is 24.3 Å². The molecule has 0 bridgehead atoms. The lowest BCUT2D eigenvalue weighted by Crippen LogP contribution is -2.38. The molecule has 1 N–H and O–H groups in total. The summed E-state index contributed by atoms with van der Waals surface area (Å²) in [7, 11) is 3.75. The Labute approximate surface area is 126 Å². The normalized spacial score (nSPS) is 16.5. The molecule has 1 aliphatic rings. The first-order chi connectivity index (χ1) is 10.2. The van der Waals surface area contributed by atoms with E-state index in [1.54, 1.807) is 19.2 Å². The van der Waals surface area contributed by atoms with Gasteiger partial charge in [0, 0.05) is 6.54 Å². The maximum Gasteiger partial charge on any atom is 0.257 e. The van der Waals surface area contributed by atoms with E-state index in [2.05, 4.69) is 17.3 Å². The molecule has 1 aromatic rings. The number of hydrogen-bond acceptors (Lipinski definition) is 4. The van der Waals surface area contributed by atoms with Crippen molar-refractivity contribution in [2.45, 2.75) is 12.8 Å². The molecule has 116 valence electrons. The van der Waals surface area contributed by atoms with Crippen molar-refractivity contribution in [2.24, 2.45) is 5.92 Å². The fourth-order valence-electron chi connectivity index (χ4n) is 2.40. The lowest BCUT2D eigenvalue weighted by Gasteiger charge is -2.28. The summed E-state index contributed by atoms with van der Waals surface area (Å²) >= 11 is 0. The summed E-state index contributed by atoms with van der Waals surface area (Å²) in [6.07, 6.45) is 2.30. The van der Waals surface area contributed by atoms with Gasteiger partial charge in [-0.25, -0.2) is 0 Å². The van der Waals surface area contributed by atoms with Crippen molar-refractivity contribution in [2.75, 3.05) is 40.4 Å². The highest BCUT2D eigenvalue weighted by atomic mass is 16.5. The molecule has 2 rings (SSSR count). The molecule has 5 nitrogen and oxygen atoms in total. The molecule has 0 aliphatic carbocycles. The van der Waals surface area contributed by atoms with E-state index in [4.69, 9.17) is 9.47 Å². The maximum atomic E-state index is 11.8. The standard InChI is InChI=1S/C16H24N2O3/c1-18-9-7-13(8-10-18)11-17-16(19)12-21-15-5-3-14(20-2)4-6-15/h3-6,13H,7-12H2,1-2H3,(H,17,19). The maximum absolute atomic E-state index is 11.8. The highest BCUT2D eigenvalue weighted by Gasteiger charge is 2.17. The smallest absolute Gasteiger partial charge is 0.257 e. The van der Waals surface area contributed by atoms with E-state index in [0.29, 0.717) is 11.7 Å². The summed E-state index contributed by atoms with van der Waals surface area (Å²) in [5.74, 6) is 1.97. The Morgan fingerprint density at radius 3 is 2.48 bits per heavy atom. The molecule has 1 heterocycles. The van der Waals surface area contributed by atoms with Crippen LogP contribution in [-0.2, 0) is 4.79 Å². The van der Waals surface area contributed by atoms with Gasteiger partial charge >= 0.3 is 0 Å². The predicted molar refractivity (Wildman–Crippen MR) is 81.7 cm³/mol. The number of rotatable bonds is 6. The number of amides is 1. The molecule has 0 unspecified atom stereocenters. The van der Waals surface area contributed by atoms with Crippen LogP contribution >= 0.6 is 0 Å². The number of hydrogen-bond donors (Lipinski definition) is 1. The molecular formula is C16H24N2O3. The van der Waals surface area contributed by atoms with Crippen molar-refractivity contribution in [1.29, 1.82) is 0 Å². The van der Waals surface area contributed by atoms with Crippen LogP contribution in [0.1, 0.15) is 12.8 Å². The predicted octanol–water partition coefficient (Wildman–Crippen LogP) is 1.53. The number of nitrogens with one attached hydrogen (secondary N) is 1. The van der Waals surface area contributed by atoms with E-state index >= 15 is 0 Å². The molecule has 0 aromatic heterocycles. The third-order valence-corrected chi connectivity index (χ3v) is 3.86. The minimum Gasteiger partial charge on any atom is -0.497 e. The fourth-order valence-corrected chi connectivity index (χ4v) is 2.40. The van der Waals surface area contributed by atoms with E-state index < -0.39 is 0 Å². The quantitative estimate of drug-likeness (QED) is 0.864. The summed E-state index contributed by atoms with van der Waals surface area (Å²) in [4.78, 5) is 14.1. The zero-order valence-electron chi connectivity index (χ0n) is 12.8. The molecule has 1 aromatic carbocycles. The van der Waals surface area contributed by atoms with Gasteiger partial charge in [-0.15, -0.1) is 0 Å². The topological polar surface area (TPSA) is 50.8 Å². The molecule has 0 saturated carbocycles. The van der Waals surface area contributed by atoms with Gasteiger partial charge in [0.1, 0.15) is 11.5 Å². The van der Waals surface area contributed by atoms with Gasteiger partial charge in [-0.3, -0.25) is 4.79 Å². The lowest BCUT2D eigenvalue weighted by atomic mass is 9.97. The van der Waals surface area contributed by atoms with Crippen LogP contribution in [0.3, 0.4) is 0 Å². The van der Waals surface area contributed by atoms with Gasteiger partial charge < -0.3 is 19.7 Å². The van der Waals surface area contributed by atoms with Gasteiger partial charge in [0.2, 0.25) is 0 Å². The van der Waals surface area contributed by atoms with Gasteiger partial charge in [0.15, 0.2) is 6.61 Å². The average molecular weight is 292 g/mol. The molecule has 0 spiro atoms. The van der Waals surface area contributed by atoms with Crippen molar-refractivity contribution < 1.29 is 14.3 Å². The number of carbonyl (C=O) groups excluding carboxylic acids is 1. The molecule has 1 saturated heterocycles. The van der Waals surface area contributed by atoms with Gasteiger partial charge in [0.25, 0.3) is 5.91 Å². The summed E-state index contributed by atoms with van der Waals surface area (Å²) < 4.78 is 10.5. The second-order valence-corrected chi connectivity index (χ2v) is 5.51. The van der Waals surface area contributed by atoms with Gasteiger partial charge in [0.05, 0.1) is 7.11 Å². The van der Waals surface area contributed by atoms with E-state index in [-0.39, 0.29) is 12.5 Å². The second kappa shape index (κ2) is 7.88. The summed E-state index contributed by atoms with van der Waals surface area (Å²) in [5, 5.41) is 2.95. The average Bonchev–Trinajstić information content (AvgIpc) is 2.53. The Bertz CT molecular complexity index is 439. The fraction of sp³-hybridized carbons (Fsp3) is 0.562. The van der Waals surface area contributed by atoms with E-state index in [9.17, 15) is 4.79 Å². The van der Waals surface area contributed by atoms with Crippen molar-refractivity contribution in [3.63, 3.8) is 0 Å². The second-order valence-electron chi connectivity index (χ2n) is 5.51. The Morgan fingerprint density at radius 2 is 1.86 bits per heavy atom. The molecule has 1 fully saturated rings. The number of piperidine rings is 1. The molecular weight excluding hydrogens is 268 g/mol. The monoisotopic (exact) mass is 292 g/mol. The van der Waals surface area contributed by atoms with Crippen LogP contribution in [0.4, 0.5) is 0 Å². The molecule has 0 atom stereocenters. The highest BCUT2D eigenvalue weighted by molar-refractivity contribution is 5.77. The van der Waals surface area contributed by atoms with Gasteiger partial charge in [-0.2, -0.15) is 0 Å². The third kappa shape index (κ3) is 5.27. The van der Waals surface area contributed by atoms with Crippen LogP contribution < -0.4 is 14.8 Å². The Kier molecular flexibility index (Phi) is 5.87. The van der Waals surface area contributed by atoms with Crippen LogP contribution in [0.5, 0.6) is 11.5 Å². The van der Waals surface area contributed by atoms with E-state index in [1.807, 2.05) is 12.1 Å². The number of nitrogens with zero attached hydrogens (tertiary/aromatic N) is 1. The summed E-state index contributed by atoms with van der Waals surface area (Å²) in [6.45, 7) is 3.03. The summed E-state index contributed by atoms with van der Waals surface area (Å²) in [6, 6.07) is 7.21. The Morgan fingerprint density at radius 1 is 1.24 bits per heavy atom. The van der Waals surface area contributed by atoms with Crippen molar-refractivity contribution in [1.82, 2.24) is 10.2 Å². The van der Waals surface area contributed by atoms with Crippen LogP contribution in [0, 0.1) is 5.92 Å². The molecule has 21 heavy (non-hydrogen) atoms. The zero-order valence-corrected chi connectivity index (χ0v) is 12.8. The third-order valence-electron chi connectivity index (χ3n) is 3.86. The molecule has 5 heteroatoms. The van der Waals surface area contributed by atoms with Gasteiger partial charge in [-0.1, -0.05) is 0 Å².